The Kier molecular flexibility index (Phi) is 6.31. The van der Waals surface area contributed by atoms with E-state index in [9.17, 15) is 4.79 Å². The molecule has 0 saturated carbocycles. The highest BCUT2D eigenvalue weighted by Gasteiger charge is 2.38. The fraction of sp³-hybridized carbons (Fsp3) is 0.938. The van der Waals surface area contributed by atoms with E-state index in [0.29, 0.717) is 0 Å². The van der Waals surface area contributed by atoms with Crippen LogP contribution in [0.1, 0.15) is 73.1 Å². The highest BCUT2D eigenvalue weighted by molar-refractivity contribution is 5.83. The first-order valence-electron chi connectivity index (χ1n) is 7.98. The van der Waals surface area contributed by atoms with Gasteiger partial charge in [-0.2, -0.15) is 0 Å². The zero-order valence-corrected chi connectivity index (χ0v) is 13.5. The van der Waals surface area contributed by atoms with E-state index in [1.807, 2.05) is 6.92 Å². The van der Waals surface area contributed by atoms with Crippen molar-refractivity contribution in [3.63, 3.8) is 0 Å². The van der Waals surface area contributed by atoms with E-state index in [4.69, 9.17) is 0 Å². The summed E-state index contributed by atoms with van der Waals surface area (Å²) in [6.07, 6.45) is 7.45. The van der Waals surface area contributed by atoms with Crippen molar-refractivity contribution in [1.29, 1.82) is 0 Å². The van der Waals surface area contributed by atoms with Crippen LogP contribution in [0.5, 0.6) is 0 Å². The molecule has 2 atom stereocenters. The smallest absolute Gasteiger partial charge is 0.240 e. The third-order valence-electron chi connectivity index (χ3n) is 4.09. The van der Waals surface area contributed by atoms with Crippen LogP contribution in [0, 0.1) is 5.41 Å². The molecule has 0 aliphatic carbocycles. The SMILES string of the molecule is CCCCCC(C)(C)CN1C(=O)C(C)NC1CCC. The Bertz CT molecular complexity index is 288. The Labute approximate surface area is 119 Å². The lowest BCUT2D eigenvalue weighted by Gasteiger charge is -2.33. The van der Waals surface area contributed by atoms with Gasteiger partial charge in [0.25, 0.3) is 0 Å². The molecule has 1 aliphatic heterocycles. The average Bonchev–Trinajstić information content (AvgIpc) is 2.57. The summed E-state index contributed by atoms with van der Waals surface area (Å²) in [4.78, 5) is 14.3. The number of unbranched alkanes of at least 4 members (excludes halogenated alkanes) is 2. The Morgan fingerprint density at radius 2 is 1.89 bits per heavy atom. The maximum Gasteiger partial charge on any atom is 0.240 e. The number of hydrogen-bond acceptors (Lipinski definition) is 2. The Morgan fingerprint density at radius 1 is 1.21 bits per heavy atom. The number of carbonyl (C=O) groups is 1. The highest BCUT2D eigenvalue weighted by atomic mass is 16.2. The lowest BCUT2D eigenvalue weighted by atomic mass is 9.86. The molecule has 0 aromatic heterocycles. The van der Waals surface area contributed by atoms with Gasteiger partial charge in [-0.1, -0.05) is 53.4 Å². The van der Waals surface area contributed by atoms with Gasteiger partial charge >= 0.3 is 0 Å². The molecule has 1 aliphatic rings. The maximum absolute atomic E-state index is 12.3. The van der Waals surface area contributed by atoms with Crippen LogP contribution in [0.15, 0.2) is 0 Å². The van der Waals surface area contributed by atoms with Crippen LogP contribution in [0.2, 0.25) is 0 Å². The largest absolute Gasteiger partial charge is 0.325 e. The molecule has 0 bridgehead atoms. The molecule has 2 unspecified atom stereocenters. The van der Waals surface area contributed by atoms with Crippen molar-refractivity contribution >= 4 is 5.91 Å². The van der Waals surface area contributed by atoms with E-state index in [-0.39, 0.29) is 23.5 Å². The molecule has 0 spiro atoms. The van der Waals surface area contributed by atoms with Crippen molar-refractivity contribution in [2.24, 2.45) is 5.41 Å². The Balaban J connectivity index is 2.58. The normalized spacial score (nSPS) is 24.3. The topological polar surface area (TPSA) is 32.3 Å². The van der Waals surface area contributed by atoms with Gasteiger partial charge in [0.05, 0.1) is 12.2 Å². The predicted molar refractivity (Wildman–Crippen MR) is 80.9 cm³/mol. The summed E-state index contributed by atoms with van der Waals surface area (Å²) < 4.78 is 0. The third kappa shape index (κ3) is 4.79. The molecule has 0 aromatic rings. The number of nitrogens with zero attached hydrogens (tertiary/aromatic N) is 1. The summed E-state index contributed by atoms with van der Waals surface area (Å²) in [6, 6.07) is -0.0111. The number of carbonyl (C=O) groups excluding carboxylic acids is 1. The van der Waals surface area contributed by atoms with Gasteiger partial charge in [0.2, 0.25) is 5.91 Å². The fourth-order valence-corrected chi connectivity index (χ4v) is 2.95. The van der Waals surface area contributed by atoms with Crippen molar-refractivity contribution in [2.75, 3.05) is 6.54 Å². The second-order valence-electron chi connectivity index (χ2n) is 6.78. The summed E-state index contributed by atoms with van der Waals surface area (Å²) in [5, 5.41) is 3.42. The van der Waals surface area contributed by atoms with Crippen LogP contribution in [-0.4, -0.2) is 29.6 Å². The minimum atomic E-state index is -0.0111. The second kappa shape index (κ2) is 7.28. The predicted octanol–water partition coefficient (Wildman–Crippen LogP) is 3.54. The van der Waals surface area contributed by atoms with Crippen LogP contribution in [0.25, 0.3) is 0 Å². The van der Waals surface area contributed by atoms with Gasteiger partial charge in [-0.25, -0.2) is 0 Å². The van der Waals surface area contributed by atoms with Gasteiger partial charge in [-0.15, -0.1) is 0 Å². The molecule has 0 aromatic carbocycles. The molecule has 1 amide bonds. The zero-order valence-electron chi connectivity index (χ0n) is 13.5. The van der Waals surface area contributed by atoms with Gasteiger partial charge < -0.3 is 4.90 Å². The van der Waals surface area contributed by atoms with Crippen molar-refractivity contribution in [3.8, 4) is 0 Å². The van der Waals surface area contributed by atoms with Crippen molar-refractivity contribution in [2.45, 2.75) is 85.4 Å². The van der Waals surface area contributed by atoms with E-state index in [0.717, 1.165) is 19.4 Å². The molecule has 112 valence electrons. The standard InChI is InChI=1S/C16H32N2O/c1-6-8-9-11-16(4,5)12-18-14(10-7-2)17-13(3)15(18)19/h13-14,17H,6-12H2,1-5H3. The lowest BCUT2D eigenvalue weighted by molar-refractivity contribution is -0.131. The van der Waals surface area contributed by atoms with E-state index < -0.39 is 0 Å². The summed E-state index contributed by atoms with van der Waals surface area (Å²) in [7, 11) is 0. The van der Waals surface area contributed by atoms with Crippen molar-refractivity contribution < 1.29 is 4.79 Å². The first kappa shape index (κ1) is 16.5. The molecule has 1 fully saturated rings. The molecular formula is C16H32N2O. The van der Waals surface area contributed by atoms with Gasteiger partial charge in [0, 0.05) is 6.54 Å². The molecule has 0 radical (unpaired) electrons. The van der Waals surface area contributed by atoms with Gasteiger partial charge in [-0.05, 0) is 25.2 Å². The van der Waals surface area contributed by atoms with E-state index >= 15 is 0 Å². The average molecular weight is 268 g/mol. The lowest BCUT2D eigenvalue weighted by Crippen LogP contribution is -2.43. The quantitative estimate of drug-likeness (QED) is 0.683. The van der Waals surface area contributed by atoms with Crippen LogP contribution in [0.3, 0.4) is 0 Å². The van der Waals surface area contributed by atoms with E-state index in [1.54, 1.807) is 0 Å². The Morgan fingerprint density at radius 3 is 2.47 bits per heavy atom. The van der Waals surface area contributed by atoms with Crippen molar-refractivity contribution in [1.82, 2.24) is 10.2 Å². The fourth-order valence-electron chi connectivity index (χ4n) is 2.95. The molecular weight excluding hydrogens is 236 g/mol. The molecule has 1 rings (SSSR count). The number of amides is 1. The van der Waals surface area contributed by atoms with E-state index in [1.165, 1.54) is 25.7 Å². The van der Waals surface area contributed by atoms with Crippen LogP contribution in [-0.2, 0) is 4.79 Å². The number of hydrogen-bond donors (Lipinski definition) is 1. The van der Waals surface area contributed by atoms with Gasteiger partial charge in [-0.3, -0.25) is 10.1 Å². The summed E-state index contributed by atoms with van der Waals surface area (Å²) in [6.45, 7) is 11.9. The minimum absolute atomic E-state index is 0.0111. The summed E-state index contributed by atoms with van der Waals surface area (Å²) in [5.41, 5.74) is 0.225. The number of nitrogens with one attached hydrogen (secondary N) is 1. The van der Waals surface area contributed by atoms with Crippen LogP contribution < -0.4 is 5.32 Å². The molecule has 3 heteroatoms. The first-order chi connectivity index (χ1) is 8.91. The first-order valence-corrected chi connectivity index (χ1v) is 7.98. The molecule has 1 heterocycles. The number of rotatable bonds is 8. The third-order valence-corrected chi connectivity index (χ3v) is 4.09. The monoisotopic (exact) mass is 268 g/mol. The summed E-state index contributed by atoms with van der Waals surface area (Å²) in [5.74, 6) is 0.280. The zero-order chi connectivity index (χ0) is 14.5. The molecule has 1 saturated heterocycles. The minimum Gasteiger partial charge on any atom is -0.325 e. The van der Waals surface area contributed by atoms with Crippen LogP contribution in [0.4, 0.5) is 0 Å². The molecule has 1 N–H and O–H groups in total. The van der Waals surface area contributed by atoms with E-state index in [2.05, 4.69) is 37.9 Å². The highest BCUT2D eigenvalue weighted by Crippen LogP contribution is 2.28. The van der Waals surface area contributed by atoms with Crippen LogP contribution >= 0.6 is 0 Å². The van der Waals surface area contributed by atoms with Crippen molar-refractivity contribution in [3.05, 3.63) is 0 Å². The molecule has 19 heavy (non-hydrogen) atoms. The molecule has 3 nitrogen and oxygen atoms in total. The summed E-state index contributed by atoms with van der Waals surface area (Å²) >= 11 is 0. The second-order valence-corrected chi connectivity index (χ2v) is 6.78. The van der Waals surface area contributed by atoms with Gasteiger partial charge in [0.1, 0.15) is 0 Å². The maximum atomic E-state index is 12.3. The van der Waals surface area contributed by atoms with Gasteiger partial charge in [0.15, 0.2) is 0 Å². The Hall–Kier alpha value is -0.570.